The SMILES string of the molecule is CCOP(=O)(O)/C(=N/c1ccc(-c2c[nH]cn2)cc1)NC(C)C#N. The second kappa shape index (κ2) is 7.88. The van der Waals surface area contributed by atoms with E-state index in [1.165, 1.54) is 0 Å². The molecule has 8 nitrogen and oxygen atoms in total. The average molecular weight is 347 g/mol. The van der Waals surface area contributed by atoms with Crippen LogP contribution in [0, 0.1) is 11.3 Å². The molecule has 2 unspecified atom stereocenters. The van der Waals surface area contributed by atoms with Crippen molar-refractivity contribution in [3.05, 3.63) is 36.8 Å². The number of hydrogen-bond donors (Lipinski definition) is 3. The maximum absolute atomic E-state index is 12.2. The van der Waals surface area contributed by atoms with Crippen molar-refractivity contribution in [3.63, 3.8) is 0 Å². The van der Waals surface area contributed by atoms with Gasteiger partial charge in [0, 0.05) is 11.8 Å². The minimum atomic E-state index is -4.12. The third-order valence-electron chi connectivity index (χ3n) is 3.01. The van der Waals surface area contributed by atoms with Crippen molar-refractivity contribution in [1.29, 1.82) is 5.26 Å². The number of aromatic amines is 1. The molecule has 0 amide bonds. The van der Waals surface area contributed by atoms with Gasteiger partial charge in [-0.15, -0.1) is 0 Å². The standard InChI is InChI=1S/C15H18N5O3P/c1-3-23-24(21,22)15(19-11(2)8-16)20-13-6-4-12(5-7-13)14-9-17-10-18-14/h4-7,9-11H,3H2,1-2H3,(H,17,18)(H,19,20)(H,21,22). The first-order valence-electron chi connectivity index (χ1n) is 7.28. The highest BCUT2D eigenvalue weighted by Gasteiger charge is 2.29. The molecule has 2 atom stereocenters. The Hall–Kier alpha value is -2.46. The minimum Gasteiger partial charge on any atom is -0.351 e. The van der Waals surface area contributed by atoms with E-state index in [0.29, 0.717) is 5.69 Å². The zero-order valence-electron chi connectivity index (χ0n) is 13.3. The van der Waals surface area contributed by atoms with Crippen LogP contribution in [0.3, 0.4) is 0 Å². The van der Waals surface area contributed by atoms with E-state index < -0.39 is 13.6 Å². The molecule has 0 radical (unpaired) electrons. The number of nitrogens with zero attached hydrogens (tertiary/aromatic N) is 3. The number of nitrogens with one attached hydrogen (secondary N) is 2. The van der Waals surface area contributed by atoms with Crippen LogP contribution in [0.5, 0.6) is 0 Å². The Balaban J connectivity index is 2.31. The molecule has 9 heteroatoms. The molecule has 0 spiro atoms. The topological polar surface area (TPSA) is 123 Å². The molecule has 0 aliphatic heterocycles. The van der Waals surface area contributed by atoms with Crippen LogP contribution in [-0.4, -0.2) is 33.1 Å². The van der Waals surface area contributed by atoms with Gasteiger partial charge in [0.15, 0.2) is 0 Å². The fraction of sp³-hybridized carbons (Fsp3) is 0.267. The number of H-pyrrole nitrogens is 1. The Kier molecular flexibility index (Phi) is 5.88. The first kappa shape index (κ1) is 17.9. The van der Waals surface area contributed by atoms with E-state index in [9.17, 15) is 9.46 Å². The van der Waals surface area contributed by atoms with Crippen molar-refractivity contribution in [2.45, 2.75) is 19.9 Å². The van der Waals surface area contributed by atoms with Crippen molar-refractivity contribution in [3.8, 4) is 17.3 Å². The predicted molar refractivity (Wildman–Crippen MR) is 90.8 cm³/mol. The summed E-state index contributed by atoms with van der Waals surface area (Å²) < 4.78 is 17.1. The molecule has 126 valence electrons. The van der Waals surface area contributed by atoms with Gasteiger partial charge in [0.25, 0.3) is 0 Å². The number of benzene rings is 1. The Morgan fingerprint density at radius 2 is 2.25 bits per heavy atom. The monoisotopic (exact) mass is 347 g/mol. The van der Waals surface area contributed by atoms with Crippen molar-refractivity contribution in [2.75, 3.05) is 6.61 Å². The third kappa shape index (κ3) is 4.52. The molecule has 0 aliphatic carbocycles. The number of hydrogen-bond acceptors (Lipinski definition) is 5. The first-order chi connectivity index (χ1) is 11.5. The second-order valence-corrected chi connectivity index (χ2v) is 6.59. The Bertz CT molecular complexity index is 780. The number of nitriles is 1. The number of imidazole rings is 1. The van der Waals surface area contributed by atoms with Gasteiger partial charge in [-0.3, -0.25) is 4.57 Å². The van der Waals surface area contributed by atoms with Crippen LogP contribution in [0.2, 0.25) is 0 Å². The first-order valence-corrected chi connectivity index (χ1v) is 8.86. The van der Waals surface area contributed by atoms with E-state index in [4.69, 9.17) is 9.79 Å². The zero-order valence-corrected chi connectivity index (χ0v) is 14.2. The summed E-state index contributed by atoms with van der Waals surface area (Å²) in [6.07, 6.45) is 3.34. The normalized spacial score (nSPS) is 15.3. The number of rotatable bonds is 6. The number of aliphatic imine (C=N–C) groups is 1. The molecule has 2 aromatic rings. The van der Waals surface area contributed by atoms with Gasteiger partial charge in [0.2, 0.25) is 5.58 Å². The Labute approximate surface area is 139 Å². The second-order valence-electron chi connectivity index (χ2n) is 4.87. The highest BCUT2D eigenvalue weighted by atomic mass is 31.2. The number of aromatic nitrogens is 2. The molecular weight excluding hydrogens is 329 g/mol. The molecule has 0 fully saturated rings. The third-order valence-corrected chi connectivity index (χ3v) is 4.38. The van der Waals surface area contributed by atoms with Crippen LogP contribution in [0.25, 0.3) is 11.3 Å². The van der Waals surface area contributed by atoms with E-state index in [1.54, 1.807) is 50.6 Å². The number of amidine groups is 1. The highest BCUT2D eigenvalue weighted by Crippen LogP contribution is 2.43. The summed E-state index contributed by atoms with van der Waals surface area (Å²) in [6, 6.07) is 8.21. The summed E-state index contributed by atoms with van der Waals surface area (Å²) in [4.78, 5) is 21.2. The smallest absolute Gasteiger partial charge is 0.351 e. The average Bonchev–Trinajstić information content (AvgIpc) is 3.09. The highest BCUT2D eigenvalue weighted by molar-refractivity contribution is 7.71. The van der Waals surface area contributed by atoms with Crippen LogP contribution in [0.1, 0.15) is 13.8 Å². The Morgan fingerprint density at radius 3 is 2.79 bits per heavy atom. The van der Waals surface area contributed by atoms with Gasteiger partial charge in [-0.25, -0.2) is 9.98 Å². The molecule has 3 N–H and O–H groups in total. The van der Waals surface area contributed by atoms with Crippen molar-refractivity contribution < 1.29 is 14.0 Å². The molecule has 1 aromatic carbocycles. The molecule has 0 saturated heterocycles. The molecule has 0 bridgehead atoms. The molecule has 24 heavy (non-hydrogen) atoms. The van der Waals surface area contributed by atoms with Gasteiger partial charge in [-0.1, -0.05) is 12.1 Å². The molecular formula is C15H18N5O3P. The maximum atomic E-state index is 12.2. The van der Waals surface area contributed by atoms with Gasteiger partial charge in [0.05, 0.1) is 30.4 Å². The lowest BCUT2D eigenvalue weighted by Crippen LogP contribution is -2.31. The van der Waals surface area contributed by atoms with Crippen LogP contribution in [0.4, 0.5) is 5.69 Å². The van der Waals surface area contributed by atoms with Gasteiger partial charge in [0.1, 0.15) is 6.04 Å². The molecule has 1 heterocycles. The summed E-state index contributed by atoms with van der Waals surface area (Å²) in [7, 11) is -4.12. The van der Waals surface area contributed by atoms with Crippen molar-refractivity contribution in [1.82, 2.24) is 15.3 Å². The van der Waals surface area contributed by atoms with Gasteiger partial charge >= 0.3 is 7.60 Å². The minimum absolute atomic E-state index is 0.0491. The maximum Gasteiger partial charge on any atom is 0.393 e. The summed E-state index contributed by atoms with van der Waals surface area (Å²) in [5.41, 5.74) is 1.86. The van der Waals surface area contributed by atoms with Gasteiger partial charge in [-0.2, -0.15) is 5.26 Å². The summed E-state index contributed by atoms with van der Waals surface area (Å²) in [5, 5.41) is 11.5. The van der Waals surface area contributed by atoms with Gasteiger partial charge < -0.3 is 19.7 Å². The summed E-state index contributed by atoms with van der Waals surface area (Å²) in [5.74, 6) is 0. The Morgan fingerprint density at radius 1 is 1.54 bits per heavy atom. The molecule has 2 rings (SSSR count). The van der Waals surface area contributed by atoms with Crippen molar-refractivity contribution in [2.24, 2.45) is 4.99 Å². The van der Waals surface area contributed by atoms with Crippen molar-refractivity contribution >= 4 is 18.9 Å². The van der Waals surface area contributed by atoms with E-state index in [1.807, 2.05) is 6.07 Å². The lowest BCUT2D eigenvalue weighted by molar-refractivity contribution is 0.285. The van der Waals surface area contributed by atoms with Crippen LogP contribution < -0.4 is 5.32 Å². The fourth-order valence-electron chi connectivity index (χ4n) is 1.89. The zero-order chi connectivity index (χ0) is 17.6. The van der Waals surface area contributed by atoms with E-state index in [-0.39, 0.29) is 12.2 Å². The summed E-state index contributed by atoms with van der Waals surface area (Å²) >= 11 is 0. The van der Waals surface area contributed by atoms with Crippen LogP contribution >= 0.6 is 7.60 Å². The van der Waals surface area contributed by atoms with E-state index in [2.05, 4.69) is 20.3 Å². The molecule has 0 aliphatic rings. The summed E-state index contributed by atoms with van der Waals surface area (Å²) in [6.45, 7) is 3.21. The lowest BCUT2D eigenvalue weighted by Gasteiger charge is -2.16. The quantitative estimate of drug-likeness (QED) is 0.419. The van der Waals surface area contributed by atoms with Crippen LogP contribution in [-0.2, 0) is 9.09 Å². The molecule has 1 aromatic heterocycles. The molecule has 0 saturated carbocycles. The largest absolute Gasteiger partial charge is 0.393 e. The predicted octanol–water partition coefficient (Wildman–Crippen LogP) is 2.79. The fourth-order valence-corrected chi connectivity index (χ4v) is 2.96. The van der Waals surface area contributed by atoms with E-state index in [0.717, 1.165) is 11.3 Å². The lowest BCUT2D eigenvalue weighted by atomic mass is 10.1. The van der Waals surface area contributed by atoms with Crippen LogP contribution in [0.15, 0.2) is 41.8 Å². The van der Waals surface area contributed by atoms with E-state index >= 15 is 0 Å². The van der Waals surface area contributed by atoms with Gasteiger partial charge in [-0.05, 0) is 26.0 Å².